The maximum atomic E-state index is 12.3. The molecule has 0 aromatic heterocycles. The number of nitrogens with one attached hydrogen (secondary N) is 1. The Balaban J connectivity index is 1.40. The van der Waals surface area contributed by atoms with Crippen LogP contribution in [0.3, 0.4) is 0 Å². The number of hydrogen-bond donors (Lipinski definition) is 1. The number of carbonyl (C=O) groups excluding carboxylic acids is 4. The maximum Gasteiger partial charge on any atom is 0.308 e. The summed E-state index contributed by atoms with van der Waals surface area (Å²) >= 11 is 0. The minimum atomic E-state index is -0.926. The number of nitrogens with zero attached hydrogens (tertiary/aromatic N) is 1. The molecule has 0 unspecified atom stereocenters. The van der Waals surface area contributed by atoms with Gasteiger partial charge in [-0.05, 0) is 51.2 Å². The monoisotopic (exact) mass is 398 g/mol. The molecule has 0 spiro atoms. The van der Waals surface area contributed by atoms with Crippen LogP contribution < -0.4 is 5.32 Å². The van der Waals surface area contributed by atoms with Gasteiger partial charge in [0.05, 0.1) is 17.5 Å². The first-order chi connectivity index (χ1) is 14.0. The van der Waals surface area contributed by atoms with Crippen LogP contribution in [0, 0.1) is 0 Å². The fourth-order valence-corrected chi connectivity index (χ4v) is 3.58. The molecule has 1 aliphatic heterocycles. The molecule has 29 heavy (non-hydrogen) atoms. The van der Waals surface area contributed by atoms with E-state index in [2.05, 4.69) is 11.4 Å². The van der Waals surface area contributed by atoms with Gasteiger partial charge in [-0.1, -0.05) is 23.8 Å². The molecule has 1 heterocycles. The minimum Gasteiger partial charge on any atom is -0.452 e. The van der Waals surface area contributed by atoms with E-state index in [0.717, 1.165) is 24.2 Å². The van der Waals surface area contributed by atoms with Crippen molar-refractivity contribution in [3.63, 3.8) is 0 Å². The highest BCUT2D eigenvalue weighted by molar-refractivity contribution is 6.21. The number of allylic oxidation sites excluding steroid dienone is 1. The van der Waals surface area contributed by atoms with E-state index >= 15 is 0 Å². The van der Waals surface area contributed by atoms with Gasteiger partial charge in [0.25, 0.3) is 17.7 Å². The molecule has 1 aliphatic carbocycles. The van der Waals surface area contributed by atoms with Gasteiger partial charge >= 0.3 is 5.97 Å². The molecule has 2 aliphatic rings. The van der Waals surface area contributed by atoms with Gasteiger partial charge in [-0.2, -0.15) is 0 Å². The first-order valence-electron chi connectivity index (χ1n) is 10.1. The van der Waals surface area contributed by atoms with E-state index in [4.69, 9.17) is 4.74 Å². The SMILES string of the molecule is C[C@@H](OC(=O)CCN1C(=O)c2ccccc2C1=O)C(=O)NCCC1=CCCCC1. The smallest absolute Gasteiger partial charge is 0.308 e. The Kier molecular flexibility index (Phi) is 6.80. The maximum absolute atomic E-state index is 12.3. The Hall–Kier alpha value is -2.96. The first kappa shape index (κ1) is 20.8. The number of benzene rings is 1. The Labute approximate surface area is 170 Å². The highest BCUT2D eigenvalue weighted by atomic mass is 16.5. The summed E-state index contributed by atoms with van der Waals surface area (Å²) in [4.78, 5) is 49.8. The highest BCUT2D eigenvalue weighted by Gasteiger charge is 2.35. The van der Waals surface area contributed by atoms with Gasteiger partial charge < -0.3 is 10.1 Å². The Morgan fingerprint density at radius 1 is 1.14 bits per heavy atom. The van der Waals surface area contributed by atoms with Crippen molar-refractivity contribution in [2.24, 2.45) is 0 Å². The topological polar surface area (TPSA) is 92.8 Å². The molecule has 0 saturated heterocycles. The van der Waals surface area contributed by atoms with Crippen LogP contribution in [0.15, 0.2) is 35.9 Å². The lowest BCUT2D eigenvalue weighted by Gasteiger charge is -2.17. The number of ether oxygens (including phenoxy) is 1. The van der Waals surface area contributed by atoms with Crippen molar-refractivity contribution in [2.75, 3.05) is 13.1 Å². The highest BCUT2D eigenvalue weighted by Crippen LogP contribution is 2.22. The van der Waals surface area contributed by atoms with E-state index in [1.807, 2.05) is 0 Å². The minimum absolute atomic E-state index is 0.0757. The average molecular weight is 398 g/mol. The molecule has 0 radical (unpaired) electrons. The standard InChI is InChI=1S/C22H26N2O5/c1-15(20(26)23-13-11-16-7-3-2-4-8-16)29-19(25)12-14-24-21(27)17-9-5-6-10-18(17)22(24)28/h5-7,9-10,15H,2-4,8,11-14H2,1H3,(H,23,26)/t15-/m1/s1. The van der Waals surface area contributed by atoms with Crippen LogP contribution in [0.4, 0.5) is 0 Å². The molecule has 3 rings (SSSR count). The van der Waals surface area contributed by atoms with E-state index in [-0.39, 0.29) is 18.9 Å². The summed E-state index contributed by atoms with van der Waals surface area (Å²) < 4.78 is 5.15. The van der Waals surface area contributed by atoms with E-state index < -0.39 is 23.9 Å². The lowest BCUT2D eigenvalue weighted by Crippen LogP contribution is -2.37. The molecule has 1 N–H and O–H groups in total. The average Bonchev–Trinajstić information content (AvgIpc) is 2.97. The molecule has 154 valence electrons. The molecular weight excluding hydrogens is 372 g/mol. The number of imide groups is 1. The summed E-state index contributed by atoms with van der Waals surface area (Å²) in [6.07, 6.45) is 6.57. The molecule has 0 fully saturated rings. The lowest BCUT2D eigenvalue weighted by molar-refractivity contribution is -0.154. The Bertz CT molecular complexity index is 810. The number of rotatable bonds is 8. The Morgan fingerprint density at radius 2 is 1.83 bits per heavy atom. The van der Waals surface area contributed by atoms with Crippen LogP contribution in [0.2, 0.25) is 0 Å². The zero-order valence-electron chi connectivity index (χ0n) is 16.6. The van der Waals surface area contributed by atoms with Crippen LogP contribution in [-0.2, 0) is 14.3 Å². The fourth-order valence-electron chi connectivity index (χ4n) is 3.58. The van der Waals surface area contributed by atoms with Gasteiger partial charge in [0.2, 0.25) is 0 Å². The van der Waals surface area contributed by atoms with Crippen LogP contribution in [0.25, 0.3) is 0 Å². The van der Waals surface area contributed by atoms with Gasteiger partial charge in [0.1, 0.15) is 0 Å². The van der Waals surface area contributed by atoms with E-state index in [0.29, 0.717) is 17.7 Å². The second kappa shape index (κ2) is 9.49. The molecular formula is C22H26N2O5. The summed E-state index contributed by atoms with van der Waals surface area (Å²) in [5, 5.41) is 2.78. The molecule has 7 nitrogen and oxygen atoms in total. The lowest BCUT2D eigenvalue weighted by atomic mass is 9.97. The number of hydrogen-bond acceptors (Lipinski definition) is 5. The van der Waals surface area contributed by atoms with E-state index in [9.17, 15) is 19.2 Å². The summed E-state index contributed by atoms with van der Waals surface area (Å²) in [5.41, 5.74) is 2.04. The second-order valence-corrected chi connectivity index (χ2v) is 7.34. The number of amides is 3. The van der Waals surface area contributed by atoms with Crippen molar-refractivity contribution in [3.8, 4) is 0 Å². The number of esters is 1. The molecule has 1 atom stereocenters. The predicted molar refractivity (Wildman–Crippen MR) is 106 cm³/mol. The van der Waals surface area contributed by atoms with Crippen molar-refractivity contribution >= 4 is 23.7 Å². The van der Waals surface area contributed by atoms with Crippen molar-refractivity contribution in [3.05, 3.63) is 47.0 Å². The molecule has 0 saturated carbocycles. The van der Waals surface area contributed by atoms with E-state index in [1.54, 1.807) is 24.3 Å². The number of fused-ring (bicyclic) bond motifs is 1. The largest absolute Gasteiger partial charge is 0.452 e. The first-order valence-corrected chi connectivity index (χ1v) is 10.1. The third-order valence-corrected chi connectivity index (χ3v) is 5.23. The quantitative estimate of drug-likeness (QED) is 0.413. The van der Waals surface area contributed by atoms with Gasteiger partial charge in [0.15, 0.2) is 6.10 Å². The molecule has 1 aromatic carbocycles. The summed E-state index contributed by atoms with van der Waals surface area (Å²) in [6.45, 7) is 1.95. The van der Waals surface area contributed by atoms with Crippen molar-refractivity contribution in [2.45, 2.75) is 51.6 Å². The second-order valence-electron chi connectivity index (χ2n) is 7.34. The fraction of sp³-hybridized carbons (Fsp3) is 0.455. The van der Waals surface area contributed by atoms with Gasteiger partial charge in [-0.15, -0.1) is 0 Å². The van der Waals surface area contributed by atoms with E-state index in [1.165, 1.54) is 25.3 Å². The molecule has 0 bridgehead atoms. The van der Waals surface area contributed by atoms with Gasteiger partial charge in [-0.3, -0.25) is 24.1 Å². The summed E-state index contributed by atoms with van der Waals surface area (Å²) in [5.74, 6) is -1.81. The van der Waals surface area contributed by atoms with Crippen LogP contribution in [-0.4, -0.2) is 47.8 Å². The van der Waals surface area contributed by atoms with Crippen molar-refractivity contribution < 1.29 is 23.9 Å². The third kappa shape index (κ3) is 5.10. The summed E-state index contributed by atoms with van der Waals surface area (Å²) in [7, 11) is 0. The van der Waals surface area contributed by atoms with Gasteiger partial charge in [0, 0.05) is 13.1 Å². The number of carbonyl (C=O) groups is 4. The third-order valence-electron chi connectivity index (χ3n) is 5.23. The summed E-state index contributed by atoms with van der Waals surface area (Å²) in [6, 6.07) is 6.55. The normalized spacial score (nSPS) is 16.9. The molecule has 1 aromatic rings. The zero-order chi connectivity index (χ0) is 20.8. The van der Waals surface area contributed by atoms with Crippen molar-refractivity contribution in [1.29, 1.82) is 0 Å². The van der Waals surface area contributed by atoms with Crippen LogP contribution in [0.5, 0.6) is 0 Å². The zero-order valence-corrected chi connectivity index (χ0v) is 16.6. The van der Waals surface area contributed by atoms with Crippen molar-refractivity contribution in [1.82, 2.24) is 10.2 Å². The molecule has 7 heteroatoms. The van der Waals surface area contributed by atoms with Gasteiger partial charge in [-0.25, -0.2) is 0 Å². The Morgan fingerprint density at radius 3 is 2.45 bits per heavy atom. The van der Waals surface area contributed by atoms with Crippen LogP contribution >= 0.6 is 0 Å². The predicted octanol–water partition coefficient (Wildman–Crippen LogP) is 2.61. The van der Waals surface area contributed by atoms with Crippen LogP contribution in [0.1, 0.15) is 66.2 Å². The molecule has 3 amide bonds.